The molecule has 0 saturated carbocycles. The van der Waals surface area contributed by atoms with Crippen LogP contribution in [-0.2, 0) is 17.9 Å². The molecule has 0 spiro atoms. The molecule has 1 unspecified atom stereocenters. The van der Waals surface area contributed by atoms with E-state index in [9.17, 15) is 0 Å². The molecule has 96 valence electrons. The van der Waals surface area contributed by atoms with Gasteiger partial charge in [-0.05, 0) is 25.0 Å². The van der Waals surface area contributed by atoms with Crippen molar-refractivity contribution in [3.63, 3.8) is 0 Å². The van der Waals surface area contributed by atoms with Crippen LogP contribution in [0.1, 0.15) is 45.4 Å². The molecular weight excluding hydrogens is 212 g/mol. The number of ether oxygens (including phenoxy) is 1. The molecule has 0 aromatic carbocycles. The molecule has 0 amide bonds. The van der Waals surface area contributed by atoms with Gasteiger partial charge in [0.2, 0.25) is 0 Å². The first kappa shape index (κ1) is 14.1. The van der Waals surface area contributed by atoms with Crippen LogP contribution in [0.3, 0.4) is 0 Å². The van der Waals surface area contributed by atoms with E-state index in [0.717, 1.165) is 18.7 Å². The minimum Gasteiger partial charge on any atom is -0.372 e. The van der Waals surface area contributed by atoms with Crippen molar-refractivity contribution < 1.29 is 4.74 Å². The van der Waals surface area contributed by atoms with Crippen LogP contribution in [-0.4, -0.2) is 17.1 Å². The van der Waals surface area contributed by atoms with Crippen molar-refractivity contribution in [3.8, 4) is 0 Å². The number of aromatic nitrogens is 1. The van der Waals surface area contributed by atoms with E-state index in [1.807, 2.05) is 12.3 Å². The lowest BCUT2D eigenvalue weighted by Crippen LogP contribution is -2.23. The van der Waals surface area contributed by atoms with Crippen LogP contribution in [0.25, 0.3) is 0 Å². The summed E-state index contributed by atoms with van der Waals surface area (Å²) in [6.45, 7) is 9.96. The van der Waals surface area contributed by atoms with Crippen LogP contribution in [0.4, 0.5) is 0 Å². The van der Waals surface area contributed by atoms with E-state index in [1.54, 1.807) is 0 Å². The minimum absolute atomic E-state index is 0.294. The van der Waals surface area contributed by atoms with Gasteiger partial charge in [-0.25, -0.2) is 0 Å². The molecule has 1 atom stereocenters. The fourth-order valence-corrected chi connectivity index (χ4v) is 1.42. The summed E-state index contributed by atoms with van der Waals surface area (Å²) in [5.74, 6) is 0. The van der Waals surface area contributed by atoms with E-state index in [0.29, 0.717) is 18.8 Å². The zero-order valence-corrected chi connectivity index (χ0v) is 11.4. The fourth-order valence-electron chi connectivity index (χ4n) is 1.42. The lowest BCUT2D eigenvalue weighted by molar-refractivity contribution is 0.0484. The van der Waals surface area contributed by atoms with E-state index in [2.05, 4.69) is 44.1 Å². The first-order valence-electron chi connectivity index (χ1n) is 6.41. The van der Waals surface area contributed by atoms with Crippen molar-refractivity contribution >= 4 is 0 Å². The molecule has 0 bridgehead atoms. The number of nitrogens with zero attached hydrogens (tertiary/aromatic N) is 1. The normalized spacial score (nSPS) is 13.0. The Morgan fingerprint density at radius 3 is 2.76 bits per heavy atom. The maximum atomic E-state index is 5.73. The average molecular weight is 236 g/mol. The molecule has 0 radical (unpaired) electrons. The fraction of sp³-hybridized carbons (Fsp3) is 0.643. The molecule has 1 rings (SSSR count). The third-order valence-corrected chi connectivity index (χ3v) is 2.76. The van der Waals surface area contributed by atoms with Gasteiger partial charge in [-0.1, -0.05) is 26.8 Å². The molecule has 0 saturated heterocycles. The highest BCUT2D eigenvalue weighted by atomic mass is 16.5. The molecule has 0 aliphatic rings. The molecule has 1 N–H and O–H groups in total. The molecule has 0 aliphatic heterocycles. The maximum absolute atomic E-state index is 5.73. The van der Waals surface area contributed by atoms with Crippen molar-refractivity contribution in [3.05, 3.63) is 29.6 Å². The van der Waals surface area contributed by atoms with E-state index in [1.165, 1.54) is 5.56 Å². The summed E-state index contributed by atoms with van der Waals surface area (Å²) < 4.78 is 5.73. The SMILES string of the molecule is CCC(C)OCc1ncccc1CNC(C)C. The first-order valence-corrected chi connectivity index (χ1v) is 6.41. The zero-order valence-electron chi connectivity index (χ0n) is 11.4. The Morgan fingerprint density at radius 1 is 1.35 bits per heavy atom. The second-order valence-corrected chi connectivity index (χ2v) is 4.67. The molecular formula is C14H24N2O. The summed E-state index contributed by atoms with van der Waals surface area (Å²) >= 11 is 0. The summed E-state index contributed by atoms with van der Waals surface area (Å²) in [5.41, 5.74) is 2.27. The Balaban J connectivity index is 2.57. The van der Waals surface area contributed by atoms with E-state index in [-0.39, 0.29) is 0 Å². The third-order valence-electron chi connectivity index (χ3n) is 2.76. The number of hydrogen-bond acceptors (Lipinski definition) is 3. The standard InChI is InChI=1S/C14H24N2O/c1-5-12(4)17-10-14-13(7-6-8-15-14)9-16-11(2)3/h6-8,11-12,16H,5,9-10H2,1-4H3. The molecule has 3 heteroatoms. The largest absolute Gasteiger partial charge is 0.372 e. The average Bonchev–Trinajstić information content (AvgIpc) is 2.34. The van der Waals surface area contributed by atoms with Crippen molar-refractivity contribution in [2.24, 2.45) is 0 Å². The van der Waals surface area contributed by atoms with Crippen molar-refractivity contribution in [1.82, 2.24) is 10.3 Å². The van der Waals surface area contributed by atoms with Crippen LogP contribution in [0.15, 0.2) is 18.3 Å². The molecule has 1 aromatic rings. The Labute approximate surface area is 105 Å². The quantitative estimate of drug-likeness (QED) is 0.790. The van der Waals surface area contributed by atoms with Gasteiger partial charge in [-0.3, -0.25) is 4.98 Å². The van der Waals surface area contributed by atoms with Crippen LogP contribution in [0.2, 0.25) is 0 Å². The Morgan fingerprint density at radius 2 is 2.12 bits per heavy atom. The van der Waals surface area contributed by atoms with Gasteiger partial charge in [0.15, 0.2) is 0 Å². The van der Waals surface area contributed by atoms with Gasteiger partial charge in [-0.15, -0.1) is 0 Å². The molecule has 0 aliphatic carbocycles. The van der Waals surface area contributed by atoms with Crippen LogP contribution < -0.4 is 5.32 Å². The van der Waals surface area contributed by atoms with Crippen molar-refractivity contribution in [2.45, 2.75) is 59.4 Å². The molecule has 3 nitrogen and oxygen atoms in total. The van der Waals surface area contributed by atoms with E-state index < -0.39 is 0 Å². The third kappa shape index (κ3) is 5.29. The van der Waals surface area contributed by atoms with Crippen LogP contribution in [0, 0.1) is 0 Å². The Hall–Kier alpha value is -0.930. The molecule has 0 fully saturated rings. The van der Waals surface area contributed by atoms with Crippen molar-refractivity contribution in [1.29, 1.82) is 0 Å². The monoisotopic (exact) mass is 236 g/mol. The lowest BCUT2D eigenvalue weighted by Gasteiger charge is -2.14. The lowest BCUT2D eigenvalue weighted by atomic mass is 10.2. The second kappa shape index (κ2) is 7.41. The van der Waals surface area contributed by atoms with Crippen LogP contribution >= 0.6 is 0 Å². The van der Waals surface area contributed by atoms with Gasteiger partial charge in [0.05, 0.1) is 18.4 Å². The topological polar surface area (TPSA) is 34.1 Å². The highest BCUT2D eigenvalue weighted by molar-refractivity contribution is 5.19. The van der Waals surface area contributed by atoms with Crippen LogP contribution in [0.5, 0.6) is 0 Å². The number of nitrogens with one attached hydrogen (secondary N) is 1. The predicted molar refractivity (Wildman–Crippen MR) is 70.8 cm³/mol. The van der Waals surface area contributed by atoms with E-state index in [4.69, 9.17) is 4.74 Å². The highest BCUT2D eigenvalue weighted by Gasteiger charge is 2.06. The number of hydrogen-bond donors (Lipinski definition) is 1. The summed E-state index contributed by atoms with van der Waals surface area (Å²) in [7, 11) is 0. The number of rotatable bonds is 7. The van der Waals surface area contributed by atoms with Crippen molar-refractivity contribution in [2.75, 3.05) is 0 Å². The molecule has 17 heavy (non-hydrogen) atoms. The summed E-state index contributed by atoms with van der Waals surface area (Å²) in [4.78, 5) is 4.40. The highest BCUT2D eigenvalue weighted by Crippen LogP contribution is 2.09. The van der Waals surface area contributed by atoms with E-state index >= 15 is 0 Å². The van der Waals surface area contributed by atoms with Gasteiger partial charge in [0, 0.05) is 18.8 Å². The molecule has 1 heterocycles. The predicted octanol–water partition coefficient (Wildman–Crippen LogP) is 2.89. The minimum atomic E-state index is 0.294. The Bertz CT molecular complexity index is 326. The zero-order chi connectivity index (χ0) is 12.7. The maximum Gasteiger partial charge on any atom is 0.0894 e. The van der Waals surface area contributed by atoms with Gasteiger partial charge in [0.25, 0.3) is 0 Å². The summed E-state index contributed by atoms with van der Waals surface area (Å²) in [6.07, 6.45) is 3.16. The van der Waals surface area contributed by atoms with Gasteiger partial charge in [-0.2, -0.15) is 0 Å². The van der Waals surface area contributed by atoms with Gasteiger partial charge in [0.1, 0.15) is 0 Å². The number of pyridine rings is 1. The first-order chi connectivity index (χ1) is 8.13. The summed E-state index contributed by atoms with van der Waals surface area (Å²) in [5, 5.41) is 3.41. The van der Waals surface area contributed by atoms with Gasteiger partial charge >= 0.3 is 0 Å². The molecule has 1 aromatic heterocycles. The smallest absolute Gasteiger partial charge is 0.0894 e. The summed E-state index contributed by atoms with van der Waals surface area (Å²) in [6, 6.07) is 4.57. The second-order valence-electron chi connectivity index (χ2n) is 4.67. The van der Waals surface area contributed by atoms with Gasteiger partial charge < -0.3 is 10.1 Å². The Kier molecular flexibility index (Phi) is 6.16.